The normalized spacial score (nSPS) is 10.9. The summed E-state index contributed by atoms with van der Waals surface area (Å²) in [6.07, 6.45) is 1.95. The van der Waals surface area contributed by atoms with Crippen molar-refractivity contribution < 1.29 is 4.79 Å². The SMILES string of the molecule is CSc1nc(C)ccc1NC(=O)CSc1nc2ccccc2[nH]1. The van der Waals surface area contributed by atoms with Crippen LogP contribution in [0.3, 0.4) is 0 Å². The van der Waals surface area contributed by atoms with E-state index < -0.39 is 0 Å². The highest BCUT2D eigenvalue weighted by Gasteiger charge is 2.10. The minimum absolute atomic E-state index is 0.0728. The highest BCUT2D eigenvalue weighted by molar-refractivity contribution is 7.99. The molecule has 1 amide bonds. The molecule has 2 N–H and O–H groups in total. The summed E-state index contributed by atoms with van der Waals surface area (Å²) in [5.41, 5.74) is 3.56. The third-order valence-electron chi connectivity index (χ3n) is 3.17. The molecule has 0 spiro atoms. The van der Waals surface area contributed by atoms with Gasteiger partial charge in [-0.15, -0.1) is 11.8 Å². The van der Waals surface area contributed by atoms with Crippen molar-refractivity contribution in [3.05, 3.63) is 42.1 Å². The average Bonchev–Trinajstić information content (AvgIpc) is 2.97. The highest BCUT2D eigenvalue weighted by Crippen LogP contribution is 2.24. The van der Waals surface area contributed by atoms with Gasteiger partial charge in [0.15, 0.2) is 5.16 Å². The van der Waals surface area contributed by atoms with Gasteiger partial charge in [-0.05, 0) is 37.4 Å². The molecule has 0 fully saturated rings. The van der Waals surface area contributed by atoms with E-state index >= 15 is 0 Å². The predicted octanol–water partition coefficient (Wildman–Crippen LogP) is 3.72. The summed E-state index contributed by atoms with van der Waals surface area (Å²) in [5.74, 6) is 0.220. The Morgan fingerprint density at radius 1 is 1.22 bits per heavy atom. The fraction of sp³-hybridized carbons (Fsp3) is 0.188. The maximum Gasteiger partial charge on any atom is 0.234 e. The molecule has 23 heavy (non-hydrogen) atoms. The topological polar surface area (TPSA) is 70.7 Å². The molecule has 0 saturated carbocycles. The van der Waals surface area contributed by atoms with Gasteiger partial charge in [0.1, 0.15) is 5.03 Å². The molecular formula is C16H16N4OS2. The number of anilines is 1. The molecule has 7 heteroatoms. The molecule has 118 valence electrons. The van der Waals surface area contributed by atoms with Crippen LogP contribution in [0.1, 0.15) is 5.69 Å². The Morgan fingerprint density at radius 3 is 2.83 bits per heavy atom. The molecule has 2 aromatic heterocycles. The molecule has 0 aliphatic rings. The Balaban J connectivity index is 1.63. The van der Waals surface area contributed by atoms with E-state index in [0.29, 0.717) is 5.75 Å². The Hall–Kier alpha value is -1.99. The zero-order chi connectivity index (χ0) is 16.2. The van der Waals surface area contributed by atoms with Crippen molar-refractivity contribution >= 4 is 46.2 Å². The number of fused-ring (bicyclic) bond motifs is 1. The molecule has 3 aromatic rings. The van der Waals surface area contributed by atoms with E-state index in [1.807, 2.05) is 49.6 Å². The summed E-state index contributed by atoms with van der Waals surface area (Å²) < 4.78 is 0. The molecule has 5 nitrogen and oxygen atoms in total. The van der Waals surface area contributed by atoms with Crippen molar-refractivity contribution in [1.82, 2.24) is 15.0 Å². The van der Waals surface area contributed by atoms with Crippen LogP contribution < -0.4 is 5.32 Å². The largest absolute Gasteiger partial charge is 0.333 e. The van der Waals surface area contributed by atoms with Crippen molar-refractivity contribution in [3.8, 4) is 0 Å². The Labute approximate surface area is 142 Å². The van der Waals surface area contributed by atoms with E-state index in [1.165, 1.54) is 23.5 Å². The highest BCUT2D eigenvalue weighted by atomic mass is 32.2. The smallest absolute Gasteiger partial charge is 0.234 e. The van der Waals surface area contributed by atoms with Crippen LogP contribution in [0.15, 0.2) is 46.6 Å². The van der Waals surface area contributed by atoms with Crippen LogP contribution in [0.4, 0.5) is 5.69 Å². The second kappa shape index (κ2) is 7.06. The van der Waals surface area contributed by atoms with Crippen LogP contribution in [-0.2, 0) is 4.79 Å². The van der Waals surface area contributed by atoms with Gasteiger partial charge in [0.2, 0.25) is 5.91 Å². The maximum atomic E-state index is 12.1. The van der Waals surface area contributed by atoms with E-state index in [9.17, 15) is 4.79 Å². The number of nitrogens with zero attached hydrogens (tertiary/aromatic N) is 2. The monoisotopic (exact) mass is 344 g/mol. The van der Waals surface area contributed by atoms with Crippen LogP contribution in [0.2, 0.25) is 0 Å². The molecule has 0 radical (unpaired) electrons. The molecule has 3 rings (SSSR count). The number of pyridine rings is 1. The maximum absolute atomic E-state index is 12.1. The van der Waals surface area contributed by atoms with Crippen molar-refractivity contribution in [1.29, 1.82) is 0 Å². The number of aromatic nitrogens is 3. The van der Waals surface area contributed by atoms with E-state index in [-0.39, 0.29) is 5.91 Å². The average molecular weight is 344 g/mol. The molecule has 2 heterocycles. The third kappa shape index (κ3) is 3.86. The molecule has 0 atom stereocenters. The molecule has 0 bridgehead atoms. The first kappa shape index (κ1) is 15.9. The summed E-state index contributed by atoms with van der Waals surface area (Å²) in [4.78, 5) is 24.2. The molecular weight excluding hydrogens is 328 g/mol. The Morgan fingerprint density at radius 2 is 2.04 bits per heavy atom. The van der Waals surface area contributed by atoms with Crippen LogP contribution in [0.25, 0.3) is 11.0 Å². The molecule has 0 aliphatic heterocycles. The van der Waals surface area contributed by atoms with E-state index in [1.54, 1.807) is 0 Å². The number of rotatable bonds is 5. The van der Waals surface area contributed by atoms with Crippen LogP contribution in [0, 0.1) is 6.92 Å². The second-order valence-corrected chi connectivity index (χ2v) is 6.66. The summed E-state index contributed by atoms with van der Waals surface area (Å²) in [5, 5.41) is 4.48. The fourth-order valence-electron chi connectivity index (χ4n) is 2.10. The van der Waals surface area contributed by atoms with Gasteiger partial charge in [0, 0.05) is 5.69 Å². The number of thioether (sulfide) groups is 2. The number of aryl methyl sites for hydroxylation is 1. The third-order valence-corrected chi connectivity index (χ3v) is 4.75. The summed E-state index contributed by atoms with van der Waals surface area (Å²) in [6.45, 7) is 1.93. The number of benzene rings is 1. The lowest BCUT2D eigenvalue weighted by molar-refractivity contribution is -0.113. The summed E-state index contributed by atoms with van der Waals surface area (Å²) in [6, 6.07) is 11.6. The zero-order valence-corrected chi connectivity index (χ0v) is 14.4. The summed E-state index contributed by atoms with van der Waals surface area (Å²) >= 11 is 2.90. The second-order valence-electron chi connectivity index (χ2n) is 4.91. The molecule has 0 saturated heterocycles. The van der Waals surface area contributed by atoms with Gasteiger partial charge >= 0.3 is 0 Å². The van der Waals surface area contributed by atoms with Gasteiger partial charge in [-0.3, -0.25) is 4.79 Å². The lowest BCUT2D eigenvalue weighted by atomic mass is 10.3. The van der Waals surface area contributed by atoms with Crippen molar-refractivity contribution in [2.24, 2.45) is 0 Å². The molecule has 0 aliphatic carbocycles. The van der Waals surface area contributed by atoms with Gasteiger partial charge in [-0.1, -0.05) is 23.9 Å². The Bertz CT molecular complexity index is 814. The van der Waals surface area contributed by atoms with Crippen molar-refractivity contribution in [3.63, 3.8) is 0 Å². The number of hydrogen-bond donors (Lipinski definition) is 2. The number of nitrogens with one attached hydrogen (secondary N) is 2. The standard InChI is InChI=1S/C16H16N4OS2/c1-10-7-8-13(15(17-10)22-2)18-14(21)9-23-16-19-11-5-3-4-6-12(11)20-16/h3-8H,9H2,1-2H3,(H,18,21)(H,19,20). The van der Waals surface area contributed by atoms with Crippen molar-refractivity contribution in [2.75, 3.05) is 17.3 Å². The number of H-pyrrole nitrogens is 1. The number of para-hydroxylation sites is 2. The van der Waals surface area contributed by atoms with Crippen molar-refractivity contribution in [2.45, 2.75) is 17.1 Å². The van der Waals surface area contributed by atoms with Gasteiger partial charge < -0.3 is 10.3 Å². The molecule has 1 aromatic carbocycles. The summed E-state index contributed by atoms with van der Waals surface area (Å²) in [7, 11) is 0. The predicted molar refractivity (Wildman–Crippen MR) is 96.2 cm³/mol. The van der Waals surface area contributed by atoms with E-state index in [2.05, 4.69) is 20.3 Å². The Kier molecular flexibility index (Phi) is 4.88. The number of carbonyl (C=O) groups is 1. The first-order valence-corrected chi connectivity index (χ1v) is 9.26. The van der Waals surface area contributed by atoms with Gasteiger partial charge in [-0.25, -0.2) is 9.97 Å². The minimum Gasteiger partial charge on any atom is -0.333 e. The fourth-order valence-corrected chi connectivity index (χ4v) is 3.36. The number of carbonyl (C=O) groups excluding carboxylic acids is 1. The van der Waals surface area contributed by atoms with E-state index in [4.69, 9.17) is 0 Å². The van der Waals surface area contributed by atoms with E-state index in [0.717, 1.165) is 32.6 Å². The van der Waals surface area contributed by atoms with Crippen LogP contribution in [0.5, 0.6) is 0 Å². The quantitative estimate of drug-likeness (QED) is 0.690. The lowest BCUT2D eigenvalue weighted by Crippen LogP contribution is -2.15. The first-order chi connectivity index (χ1) is 11.2. The minimum atomic E-state index is -0.0728. The van der Waals surface area contributed by atoms with Gasteiger partial charge in [0.05, 0.1) is 22.5 Å². The van der Waals surface area contributed by atoms with Crippen LogP contribution >= 0.6 is 23.5 Å². The van der Waals surface area contributed by atoms with Gasteiger partial charge in [-0.2, -0.15) is 0 Å². The number of imidazole rings is 1. The number of amides is 1. The lowest BCUT2D eigenvalue weighted by Gasteiger charge is -2.08. The zero-order valence-electron chi connectivity index (χ0n) is 12.8. The number of aromatic amines is 1. The number of hydrogen-bond acceptors (Lipinski definition) is 5. The molecule has 0 unspecified atom stereocenters. The van der Waals surface area contributed by atoms with Crippen LogP contribution in [-0.4, -0.2) is 32.9 Å². The first-order valence-electron chi connectivity index (χ1n) is 7.05. The van der Waals surface area contributed by atoms with Gasteiger partial charge in [0.25, 0.3) is 0 Å².